The lowest BCUT2D eigenvalue weighted by molar-refractivity contribution is -0.300. The van der Waals surface area contributed by atoms with Crippen molar-refractivity contribution < 1.29 is 38.1 Å². The Kier molecular flexibility index (Phi) is 7.21. The van der Waals surface area contributed by atoms with Gasteiger partial charge in [0.25, 0.3) is 5.56 Å². The van der Waals surface area contributed by atoms with E-state index in [1.807, 2.05) is 0 Å². The second kappa shape index (κ2) is 9.77. The Morgan fingerprint density at radius 3 is 2.09 bits per heavy atom. The third-order valence-electron chi connectivity index (χ3n) is 5.29. The number of hydrogen-bond acceptors (Lipinski definition) is 11. The standard InChI is InChI=1S/C20H26N4O10/c1-9(25)31-14-12(34-19(30-6)16(33-11(3)27)15(14)32-10(2)26)7-24-18(28)13-17(21-8-22(13)4)23(5)20(24)29/h8,12,14-16,19H,7H2,1-6H3/t12-,14-,15+,16-,19+/m1/s1. The van der Waals surface area contributed by atoms with Gasteiger partial charge >= 0.3 is 23.6 Å². The van der Waals surface area contributed by atoms with Gasteiger partial charge < -0.3 is 28.3 Å². The topological polar surface area (TPSA) is 159 Å². The monoisotopic (exact) mass is 482 g/mol. The van der Waals surface area contributed by atoms with Crippen molar-refractivity contribution in [1.82, 2.24) is 18.7 Å². The van der Waals surface area contributed by atoms with Crippen molar-refractivity contribution in [2.45, 2.75) is 58.0 Å². The van der Waals surface area contributed by atoms with Gasteiger partial charge in [0, 0.05) is 42.0 Å². The molecular formula is C20H26N4O10. The molecule has 2 aromatic heterocycles. The predicted octanol–water partition coefficient (Wildman–Crippen LogP) is -1.40. The molecule has 0 radical (unpaired) electrons. The maximum absolute atomic E-state index is 13.1. The molecule has 3 heterocycles. The number of fused-ring (bicyclic) bond motifs is 1. The Hall–Kier alpha value is -3.52. The molecule has 5 atom stereocenters. The van der Waals surface area contributed by atoms with Crippen LogP contribution in [0.2, 0.25) is 0 Å². The van der Waals surface area contributed by atoms with Crippen molar-refractivity contribution in [1.29, 1.82) is 0 Å². The van der Waals surface area contributed by atoms with E-state index in [-0.39, 0.29) is 11.2 Å². The molecule has 0 saturated carbocycles. The van der Waals surface area contributed by atoms with Gasteiger partial charge in [0.2, 0.25) is 0 Å². The summed E-state index contributed by atoms with van der Waals surface area (Å²) in [6.45, 7) is 2.99. The molecule has 1 aliphatic heterocycles. The van der Waals surface area contributed by atoms with E-state index in [4.69, 9.17) is 23.7 Å². The van der Waals surface area contributed by atoms with Crippen molar-refractivity contribution in [2.24, 2.45) is 14.1 Å². The predicted molar refractivity (Wildman–Crippen MR) is 113 cm³/mol. The van der Waals surface area contributed by atoms with E-state index in [0.29, 0.717) is 0 Å². The SMILES string of the molecule is CO[C@H]1O[C@H](Cn2c(=O)c3c(ncn3C)n(C)c2=O)[C@@H](OC(C)=O)[C@H](OC(C)=O)[C@H]1OC(C)=O. The first kappa shape index (κ1) is 25.1. The summed E-state index contributed by atoms with van der Waals surface area (Å²) in [6, 6.07) is 0. The quantitative estimate of drug-likeness (QED) is 0.352. The summed E-state index contributed by atoms with van der Waals surface area (Å²) in [5.41, 5.74) is -0.984. The van der Waals surface area contributed by atoms with E-state index in [2.05, 4.69) is 4.98 Å². The zero-order chi connectivity index (χ0) is 25.3. The van der Waals surface area contributed by atoms with Crippen molar-refractivity contribution in [2.75, 3.05) is 7.11 Å². The minimum Gasteiger partial charge on any atom is -0.456 e. The number of aromatic nitrogens is 4. The summed E-state index contributed by atoms with van der Waals surface area (Å²) in [5, 5.41) is 0. The van der Waals surface area contributed by atoms with Gasteiger partial charge in [-0.25, -0.2) is 9.78 Å². The number of methoxy groups -OCH3 is 1. The van der Waals surface area contributed by atoms with Gasteiger partial charge in [-0.1, -0.05) is 0 Å². The summed E-state index contributed by atoms with van der Waals surface area (Å²) in [5.74, 6) is -2.23. The van der Waals surface area contributed by atoms with Gasteiger partial charge in [0.15, 0.2) is 35.8 Å². The fraction of sp³-hybridized carbons (Fsp3) is 0.600. The second-order valence-electron chi connectivity index (χ2n) is 7.79. The fourth-order valence-electron chi connectivity index (χ4n) is 3.93. The molecule has 0 unspecified atom stereocenters. The molecule has 0 N–H and O–H groups in total. The number of esters is 3. The van der Waals surface area contributed by atoms with Crippen LogP contribution in [0.5, 0.6) is 0 Å². The number of rotatable bonds is 6. The molecule has 0 aromatic carbocycles. The van der Waals surface area contributed by atoms with Crippen LogP contribution in [-0.2, 0) is 58.7 Å². The summed E-state index contributed by atoms with van der Waals surface area (Å²) in [4.78, 5) is 65.6. The smallest absolute Gasteiger partial charge is 0.332 e. The van der Waals surface area contributed by atoms with Crippen molar-refractivity contribution in [3.05, 3.63) is 27.2 Å². The number of nitrogens with zero attached hydrogens (tertiary/aromatic N) is 4. The number of aryl methyl sites for hydroxylation is 2. The normalized spacial score (nSPS) is 24.6. The Labute approximate surface area is 192 Å². The highest BCUT2D eigenvalue weighted by Gasteiger charge is 2.52. The van der Waals surface area contributed by atoms with Crippen molar-refractivity contribution >= 4 is 29.1 Å². The van der Waals surface area contributed by atoms with Crippen LogP contribution in [-0.4, -0.2) is 74.4 Å². The molecule has 0 bridgehead atoms. The maximum atomic E-state index is 13.1. The highest BCUT2D eigenvalue weighted by Crippen LogP contribution is 2.29. The zero-order valence-electron chi connectivity index (χ0n) is 19.5. The van der Waals surface area contributed by atoms with E-state index in [0.717, 1.165) is 25.3 Å². The first-order valence-corrected chi connectivity index (χ1v) is 10.3. The molecular weight excluding hydrogens is 456 g/mol. The molecule has 1 aliphatic rings. The largest absolute Gasteiger partial charge is 0.456 e. The maximum Gasteiger partial charge on any atom is 0.332 e. The Balaban J connectivity index is 2.12. The highest BCUT2D eigenvalue weighted by molar-refractivity contribution is 5.70. The van der Waals surface area contributed by atoms with Crippen LogP contribution >= 0.6 is 0 Å². The Morgan fingerprint density at radius 1 is 0.971 bits per heavy atom. The third kappa shape index (κ3) is 4.72. The van der Waals surface area contributed by atoms with E-state index in [1.54, 1.807) is 7.05 Å². The molecule has 0 spiro atoms. The highest BCUT2D eigenvalue weighted by atomic mass is 16.7. The van der Waals surface area contributed by atoms with Crippen LogP contribution in [0.25, 0.3) is 11.2 Å². The number of imidazole rings is 1. The molecule has 1 fully saturated rings. The lowest BCUT2D eigenvalue weighted by Crippen LogP contribution is -2.63. The molecule has 0 amide bonds. The van der Waals surface area contributed by atoms with Crippen LogP contribution in [0.15, 0.2) is 15.9 Å². The molecule has 2 aromatic rings. The van der Waals surface area contributed by atoms with Crippen molar-refractivity contribution in [3.8, 4) is 0 Å². The van der Waals surface area contributed by atoms with Crippen LogP contribution in [0, 0.1) is 0 Å². The van der Waals surface area contributed by atoms with Crippen LogP contribution in [0.3, 0.4) is 0 Å². The number of ether oxygens (including phenoxy) is 5. The van der Waals surface area contributed by atoms with Gasteiger partial charge in [0.05, 0.1) is 12.9 Å². The lowest BCUT2D eigenvalue weighted by atomic mass is 9.97. The van der Waals surface area contributed by atoms with E-state index in [9.17, 15) is 24.0 Å². The number of carbonyl (C=O) groups is 3. The lowest BCUT2D eigenvalue weighted by Gasteiger charge is -2.44. The summed E-state index contributed by atoms with van der Waals surface area (Å²) in [7, 11) is 4.32. The summed E-state index contributed by atoms with van der Waals surface area (Å²) in [6.07, 6.45) is -5.02. The van der Waals surface area contributed by atoms with E-state index in [1.165, 1.54) is 29.6 Å². The minimum atomic E-state index is -1.34. The first-order valence-electron chi connectivity index (χ1n) is 10.3. The average Bonchev–Trinajstić information content (AvgIpc) is 3.13. The molecule has 186 valence electrons. The molecule has 34 heavy (non-hydrogen) atoms. The van der Waals surface area contributed by atoms with Gasteiger partial charge in [-0.05, 0) is 0 Å². The number of hydrogen-bond donors (Lipinski definition) is 0. The van der Waals surface area contributed by atoms with Crippen molar-refractivity contribution in [3.63, 3.8) is 0 Å². The first-order chi connectivity index (χ1) is 16.0. The average molecular weight is 482 g/mol. The third-order valence-corrected chi connectivity index (χ3v) is 5.29. The molecule has 14 heteroatoms. The zero-order valence-corrected chi connectivity index (χ0v) is 19.5. The number of carbonyl (C=O) groups excluding carboxylic acids is 3. The summed E-state index contributed by atoms with van der Waals surface area (Å²) < 4.78 is 30.7. The summed E-state index contributed by atoms with van der Waals surface area (Å²) >= 11 is 0. The van der Waals surface area contributed by atoms with E-state index < -0.39 is 66.4 Å². The van der Waals surface area contributed by atoms with Crippen LogP contribution in [0.4, 0.5) is 0 Å². The van der Waals surface area contributed by atoms with Gasteiger partial charge in [-0.3, -0.25) is 28.3 Å². The minimum absolute atomic E-state index is 0.166. The molecule has 0 aliphatic carbocycles. The second-order valence-corrected chi connectivity index (χ2v) is 7.79. The molecule has 3 rings (SSSR count). The van der Waals surface area contributed by atoms with Crippen LogP contribution in [0.1, 0.15) is 20.8 Å². The Morgan fingerprint density at radius 2 is 1.53 bits per heavy atom. The fourth-order valence-corrected chi connectivity index (χ4v) is 3.93. The molecule has 14 nitrogen and oxygen atoms in total. The van der Waals surface area contributed by atoms with Gasteiger partial charge in [-0.2, -0.15) is 0 Å². The molecule has 1 saturated heterocycles. The Bertz CT molecular complexity index is 1230. The van der Waals surface area contributed by atoms with Gasteiger partial charge in [-0.15, -0.1) is 0 Å². The van der Waals surface area contributed by atoms with Gasteiger partial charge in [0.1, 0.15) is 6.10 Å². The van der Waals surface area contributed by atoms with E-state index >= 15 is 0 Å². The van der Waals surface area contributed by atoms with Crippen LogP contribution < -0.4 is 11.2 Å².